The van der Waals surface area contributed by atoms with Crippen LogP contribution in [-0.2, 0) is 6.42 Å². The molecule has 0 saturated heterocycles. The van der Waals surface area contributed by atoms with Crippen LogP contribution in [0.3, 0.4) is 0 Å². The van der Waals surface area contributed by atoms with Gasteiger partial charge in [0.25, 0.3) is 0 Å². The fourth-order valence-corrected chi connectivity index (χ4v) is 2.85. The van der Waals surface area contributed by atoms with Crippen molar-refractivity contribution in [3.8, 4) is 0 Å². The van der Waals surface area contributed by atoms with E-state index in [1.165, 1.54) is 5.56 Å². The normalized spacial score (nSPS) is 11.1. The lowest BCUT2D eigenvalue weighted by Crippen LogP contribution is -1.96. The Hall–Kier alpha value is -1.39. The van der Waals surface area contributed by atoms with E-state index in [-0.39, 0.29) is 0 Å². The van der Waals surface area contributed by atoms with Crippen molar-refractivity contribution in [2.75, 3.05) is 0 Å². The Morgan fingerprint density at radius 3 is 2.68 bits per heavy atom. The quantitative estimate of drug-likeness (QED) is 0.759. The minimum absolute atomic E-state index is 0.403. The monoisotopic (exact) mass is 335 g/mol. The zero-order valence-corrected chi connectivity index (χ0v) is 12.6. The van der Waals surface area contributed by atoms with E-state index < -0.39 is 0 Å². The van der Waals surface area contributed by atoms with Gasteiger partial charge in [-0.25, -0.2) is 0 Å². The molecule has 0 aliphatic carbocycles. The van der Waals surface area contributed by atoms with Gasteiger partial charge in [0, 0.05) is 22.0 Å². The van der Waals surface area contributed by atoms with E-state index in [0.29, 0.717) is 5.15 Å². The van der Waals surface area contributed by atoms with Crippen LogP contribution in [0.25, 0.3) is 10.9 Å². The van der Waals surface area contributed by atoms with Crippen molar-refractivity contribution in [3.63, 3.8) is 0 Å². The molecule has 3 aromatic rings. The molecule has 0 bridgehead atoms. The molecule has 5 heteroatoms. The van der Waals surface area contributed by atoms with Gasteiger partial charge >= 0.3 is 0 Å². The average Bonchev–Trinajstić information content (AvgIpc) is 2.72. The third-order valence-electron chi connectivity index (χ3n) is 3.08. The summed E-state index contributed by atoms with van der Waals surface area (Å²) < 4.78 is 1.00. The zero-order chi connectivity index (χ0) is 13.4. The number of fused-ring (bicyclic) bond motifs is 1. The molecule has 1 N–H and O–H groups in total. The van der Waals surface area contributed by atoms with E-state index in [1.54, 1.807) is 0 Å². The Labute approximate surface area is 124 Å². The van der Waals surface area contributed by atoms with Gasteiger partial charge in [-0.2, -0.15) is 5.10 Å². The first-order valence-electron chi connectivity index (χ1n) is 5.89. The molecule has 3 nitrogen and oxygen atoms in total. The first-order valence-corrected chi connectivity index (χ1v) is 7.06. The fraction of sp³-hybridized carbons (Fsp3) is 0.143. The van der Waals surface area contributed by atoms with E-state index >= 15 is 0 Å². The van der Waals surface area contributed by atoms with E-state index in [2.05, 4.69) is 43.2 Å². The number of benzene rings is 1. The second kappa shape index (κ2) is 4.94. The molecule has 0 atom stereocenters. The largest absolute Gasteiger partial charge is 0.355 e. The van der Waals surface area contributed by atoms with Gasteiger partial charge in [0.05, 0.1) is 11.2 Å². The Bertz CT molecular complexity index is 737. The van der Waals surface area contributed by atoms with Crippen LogP contribution < -0.4 is 0 Å². The van der Waals surface area contributed by atoms with Crippen molar-refractivity contribution in [1.29, 1.82) is 0 Å². The number of nitrogens with zero attached hydrogens (tertiary/aromatic N) is 2. The van der Waals surface area contributed by atoms with Crippen LogP contribution in [0.2, 0.25) is 5.15 Å². The highest BCUT2D eigenvalue weighted by Crippen LogP contribution is 2.33. The molecule has 2 aromatic heterocycles. The Morgan fingerprint density at radius 1 is 1.21 bits per heavy atom. The average molecular weight is 337 g/mol. The van der Waals surface area contributed by atoms with E-state index in [1.807, 2.05) is 25.1 Å². The van der Waals surface area contributed by atoms with Gasteiger partial charge in [0.1, 0.15) is 0 Å². The van der Waals surface area contributed by atoms with Crippen molar-refractivity contribution in [2.45, 2.75) is 13.3 Å². The van der Waals surface area contributed by atoms with Crippen LogP contribution in [0.1, 0.15) is 17.0 Å². The van der Waals surface area contributed by atoms with Crippen LogP contribution in [0, 0.1) is 6.92 Å². The molecule has 2 heterocycles. The summed E-state index contributed by atoms with van der Waals surface area (Å²) in [5.41, 5.74) is 3.99. The molecule has 0 unspecified atom stereocenters. The summed E-state index contributed by atoms with van der Waals surface area (Å²) in [7, 11) is 0. The maximum atomic E-state index is 6.09. The number of aryl methyl sites for hydroxylation is 1. The summed E-state index contributed by atoms with van der Waals surface area (Å²) in [4.78, 5) is 3.24. The molecule has 0 radical (unpaired) electrons. The first kappa shape index (κ1) is 12.6. The highest BCUT2D eigenvalue weighted by molar-refractivity contribution is 9.10. The third-order valence-corrected chi connectivity index (χ3v) is 4.33. The number of aromatic amines is 1. The summed E-state index contributed by atoms with van der Waals surface area (Å²) >= 11 is 9.68. The number of halogens is 2. The van der Waals surface area contributed by atoms with Crippen molar-refractivity contribution in [1.82, 2.24) is 15.2 Å². The molecule has 96 valence electrons. The van der Waals surface area contributed by atoms with Crippen LogP contribution in [0.5, 0.6) is 0 Å². The number of rotatable bonds is 2. The molecular formula is C14H11BrClN3. The second-order valence-electron chi connectivity index (χ2n) is 4.41. The lowest BCUT2D eigenvalue weighted by atomic mass is 10.1. The number of hydrogen-bond acceptors (Lipinski definition) is 2. The number of aromatic nitrogens is 3. The van der Waals surface area contributed by atoms with Crippen molar-refractivity contribution in [2.24, 2.45) is 0 Å². The maximum Gasteiger partial charge on any atom is 0.175 e. The van der Waals surface area contributed by atoms with Crippen LogP contribution in [0.15, 0.2) is 34.8 Å². The molecule has 0 aliphatic rings. The summed E-state index contributed by atoms with van der Waals surface area (Å²) in [5.74, 6) is 0. The molecule has 0 saturated carbocycles. The number of nitrogens with one attached hydrogen (secondary N) is 1. The SMILES string of the molecule is Cc1[nH]c2c(Cl)nnc(Cc3ccccc3)c2c1Br. The predicted octanol–water partition coefficient (Wildman–Crippen LogP) is 4.27. The summed E-state index contributed by atoms with van der Waals surface area (Å²) in [5, 5.41) is 9.68. The molecule has 19 heavy (non-hydrogen) atoms. The van der Waals surface area contributed by atoms with Crippen LogP contribution >= 0.6 is 27.5 Å². The Balaban J connectivity index is 2.17. The Morgan fingerprint density at radius 2 is 1.95 bits per heavy atom. The lowest BCUT2D eigenvalue weighted by molar-refractivity contribution is 0.957. The maximum absolute atomic E-state index is 6.09. The molecular weight excluding hydrogens is 326 g/mol. The fourth-order valence-electron chi connectivity index (χ4n) is 2.15. The highest BCUT2D eigenvalue weighted by Gasteiger charge is 2.15. The standard InChI is InChI=1S/C14H11BrClN3/c1-8-12(15)11-10(7-9-5-3-2-4-6-9)18-19-14(16)13(11)17-8/h2-6,17H,7H2,1H3. The minimum Gasteiger partial charge on any atom is -0.355 e. The van der Waals surface area contributed by atoms with Gasteiger partial charge < -0.3 is 4.98 Å². The third kappa shape index (κ3) is 2.26. The highest BCUT2D eigenvalue weighted by atomic mass is 79.9. The molecule has 0 aliphatic heterocycles. The van der Waals surface area contributed by atoms with Gasteiger partial charge in [-0.05, 0) is 28.4 Å². The summed E-state index contributed by atoms with van der Waals surface area (Å²) in [6.07, 6.45) is 0.734. The molecule has 1 aromatic carbocycles. The minimum atomic E-state index is 0.403. The van der Waals surface area contributed by atoms with Gasteiger partial charge in [0.15, 0.2) is 5.15 Å². The van der Waals surface area contributed by atoms with Crippen LogP contribution in [0.4, 0.5) is 0 Å². The van der Waals surface area contributed by atoms with E-state index in [9.17, 15) is 0 Å². The first-order chi connectivity index (χ1) is 9.16. The zero-order valence-electron chi connectivity index (χ0n) is 10.2. The number of hydrogen-bond donors (Lipinski definition) is 1. The summed E-state index contributed by atoms with van der Waals surface area (Å²) in [6, 6.07) is 10.2. The second-order valence-corrected chi connectivity index (χ2v) is 5.56. The number of H-pyrrole nitrogens is 1. The van der Waals surface area contributed by atoms with Gasteiger partial charge in [-0.1, -0.05) is 41.9 Å². The predicted molar refractivity (Wildman–Crippen MR) is 80.6 cm³/mol. The van der Waals surface area contributed by atoms with Crippen molar-refractivity contribution in [3.05, 3.63) is 56.9 Å². The molecule has 0 fully saturated rings. The lowest BCUT2D eigenvalue weighted by Gasteiger charge is -2.03. The van der Waals surface area contributed by atoms with Crippen LogP contribution in [-0.4, -0.2) is 15.2 Å². The molecule has 3 rings (SSSR count). The Kier molecular flexibility index (Phi) is 3.29. The molecule has 0 spiro atoms. The van der Waals surface area contributed by atoms with Gasteiger partial charge in [0.2, 0.25) is 0 Å². The van der Waals surface area contributed by atoms with Gasteiger partial charge in [-0.15, -0.1) is 5.10 Å². The molecule has 0 amide bonds. The summed E-state index contributed by atoms with van der Waals surface area (Å²) in [6.45, 7) is 1.99. The van der Waals surface area contributed by atoms with Gasteiger partial charge in [-0.3, -0.25) is 0 Å². The van der Waals surface area contributed by atoms with E-state index in [0.717, 1.165) is 33.2 Å². The van der Waals surface area contributed by atoms with E-state index in [4.69, 9.17) is 11.6 Å². The van der Waals surface area contributed by atoms with Crippen molar-refractivity contribution >= 4 is 38.4 Å². The smallest absolute Gasteiger partial charge is 0.175 e. The van der Waals surface area contributed by atoms with Crippen molar-refractivity contribution < 1.29 is 0 Å². The topological polar surface area (TPSA) is 41.6 Å².